The van der Waals surface area contributed by atoms with E-state index in [1.807, 2.05) is 0 Å². The molecule has 24 heavy (non-hydrogen) atoms. The van der Waals surface area contributed by atoms with Crippen LogP contribution in [0.3, 0.4) is 0 Å². The Bertz CT molecular complexity index is 480. The monoisotopic (exact) mass is 406 g/mol. The number of carbonyl (C=O) groups is 4. The molecule has 1 rings (SSSR count). The lowest BCUT2D eigenvalue weighted by atomic mass is 10.4. The molecule has 0 aromatic rings. The summed E-state index contributed by atoms with van der Waals surface area (Å²) in [6.07, 6.45) is 1.39. The van der Waals surface area contributed by atoms with Gasteiger partial charge in [0.1, 0.15) is 0 Å². The minimum Gasteiger partial charge on any atom is -0.378 e. The Labute approximate surface area is 147 Å². The van der Waals surface area contributed by atoms with E-state index in [-0.39, 0.29) is 38.4 Å². The van der Waals surface area contributed by atoms with Gasteiger partial charge in [-0.25, -0.2) is 4.79 Å². The van der Waals surface area contributed by atoms with Crippen LogP contribution in [-0.4, -0.2) is 61.7 Å². The first-order valence-corrected chi connectivity index (χ1v) is 8.23. The van der Waals surface area contributed by atoms with E-state index in [4.69, 9.17) is 9.47 Å². The van der Waals surface area contributed by atoms with Gasteiger partial charge in [-0.05, 0) is 4.99 Å². The third-order valence-electron chi connectivity index (χ3n) is 2.78. The molecule has 1 fully saturated rings. The van der Waals surface area contributed by atoms with Crippen molar-refractivity contribution in [1.29, 1.82) is 0 Å². The first-order valence-electron chi connectivity index (χ1n) is 7.31. The fourth-order valence-electron chi connectivity index (χ4n) is 1.65. The molecule has 0 aromatic heterocycles. The molecule has 0 aliphatic carbocycles. The van der Waals surface area contributed by atoms with Gasteiger partial charge in [0.25, 0.3) is 11.8 Å². The summed E-state index contributed by atoms with van der Waals surface area (Å²) < 4.78 is 10.4. The summed E-state index contributed by atoms with van der Waals surface area (Å²) in [7, 11) is 0. The molecule has 9 nitrogen and oxygen atoms in total. The van der Waals surface area contributed by atoms with Crippen molar-refractivity contribution in [3.63, 3.8) is 0 Å². The van der Waals surface area contributed by atoms with Gasteiger partial charge in [0.15, 0.2) is 0 Å². The highest BCUT2D eigenvalue weighted by molar-refractivity contribution is 9.11. The molecule has 0 atom stereocenters. The van der Waals surface area contributed by atoms with Crippen LogP contribution in [-0.2, 0) is 33.5 Å². The number of nitrogens with zero attached hydrogens (tertiary/aromatic N) is 1. The van der Waals surface area contributed by atoms with Crippen molar-refractivity contribution in [3.05, 3.63) is 11.1 Å². The normalized spacial score (nSPS) is 14.5. The van der Waals surface area contributed by atoms with E-state index in [1.165, 1.54) is 11.1 Å². The average Bonchev–Trinajstić information content (AvgIpc) is 2.85. The van der Waals surface area contributed by atoms with E-state index in [0.717, 1.165) is 0 Å². The molecule has 1 saturated heterocycles. The lowest BCUT2D eigenvalue weighted by Crippen LogP contribution is -2.32. The summed E-state index contributed by atoms with van der Waals surface area (Å²) in [6, 6.07) is 0. The van der Waals surface area contributed by atoms with E-state index < -0.39 is 17.8 Å². The van der Waals surface area contributed by atoms with E-state index in [1.54, 1.807) is 0 Å². The molecule has 3 amide bonds. The van der Waals surface area contributed by atoms with E-state index in [0.29, 0.717) is 24.8 Å². The Morgan fingerprint density at radius 1 is 1.08 bits per heavy atom. The standard InChI is InChI=1S/C14H19BrN2O7/c15-5-3-11(18)16-6-8-23-10-9-22-7-4-14(21)24-17-12(19)1-2-13(17)20/h3,5H,1-2,4,6-10H2,(H,16,18). The molecule has 0 unspecified atom stereocenters. The zero-order valence-corrected chi connectivity index (χ0v) is 14.6. The first kappa shape index (κ1) is 20.3. The lowest BCUT2D eigenvalue weighted by Gasteiger charge is -2.12. The summed E-state index contributed by atoms with van der Waals surface area (Å²) in [4.78, 5) is 51.1. The quantitative estimate of drug-likeness (QED) is 0.293. The largest absolute Gasteiger partial charge is 0.378 e. The number of carbonyl (C=O) groups excluding carboxylic acids is 4. The smallest absolute Gasteiger partial charge is 0.335 e. The third-order valence-corrected chi connectivity index (χ3v) is 3.05. The number of ether oxygens (including phenoxy) is 2. The van der Waals surface area contributed by atoms with Crippen molar-refractivity contribution < 1.29 is 33.5 Å². The first-order chi connectivity index (χ1) is 11.5. The summed E-state index contributed by atoms with van der Waals surface area (Å²) in [5.74, 6) is -1.95. The molecule has 0 saturated carbocycles. The van der Waals surface area contributed by atoms with Gasteiger partial charge in [-0.15, -0.1) is 5.06 Å². The maximum Gasteiger partial charge on any atom is 0.335 e. The second-order valence-corrected chi connectivity index (χ2v) is 5.13. The van der Waals surface area contributed by atoms with Crippen LogP contribution >= 0.6 is 15.9 Å². The Balaban J connectivity index is 1.95. The van der Waals surface area contributed by atoms with Crippen molar-refractivity contribution in [3.8, 4) is 0 Å². The van der Waals surface area contributed by atoms with Gasteiger partial charge in [0.05, 0.1) is 32.8 Å². The van der Waals surface area contributed by atoms with Crippen LogP contribution in [0, 0.1) is 0 Å². The molecule has 0 radical (unpaired) electrons. The van der Waals surface area contributed by atoms with Crippen LogP contribution in [0.15, 0.2) is 11.1 Å². The number of hydrogen-bond acceptors (Lipinski definition) is 7. The summed E-state index contributed by atoms with van der Waals surface area (Å²) in [5.41, 5.74) is 0. The number of hydrogen-bond donors (Lipinski definition) is 1. The molecule has 1 heterocycles. The number of imide groups is 1. The van der Waals surface area contributed by atoms with Gasteiger partial charge < -0.3 is 19.6 Å². The zero-order chi connectivity index (χ0) is 17.8. The van der Waals surface area contributed by atoms with Crippen molar-refractivity contribution in [2.75, 3.05) is 33.0 Å². The highest BCUT2D eigenvalue weighted by atomic mass is 79.9. The summed E-state index contributed by atoms with van der Waals surface area (Å²) in [6.45, 7) is 1.38. The van der Waals surface area contributed by atoms with Gasteiger partial charge in [0, 0.05) is 25.5 Å². The van der Waals surface area contributed by atoms with Gasteiger partial charge in [-0.2, -0.15) is 0 Å². The average molecular weight is 407 g/mol. The zero-order valence-electron chi connectivity index (χ0n) is 13.0. The molecular weight excluding hydrogens is 388 g/mol. The van der Waals surface area contributed by atoms with Crippen LogP contribution in [0.25, 0.3) is 0 Å². The number of halogens is 1. The van der Waals surface area contributed by atoms with Crippen molar-refractivity contribution >= 4 is 39.6 Å². The van der Waals surface area contributed by atoms with Gasteiger partial charge in [-0.3, -0.25) is 14.4 Å². The second-order valence-electron chi connectivity index (χ2n) is 4.60. The van der Waals surface area contributed by atoms with Crippen LogP contribution in [0.1, 0.15) is 19.3 Å². The van der Waals surface area contributed by atoms with Gasteiger partial charge in [-0.1, -0.05) is 15.9 Å². The SMILES string of the molecule is O=C(C=CBr)NCCOCCOCCC(=O)ON1C(=O)CCC1=O. The van der Waals surface area contributed by atoms with Crippen LogP contribution in [0.4, 0.5) is 0 Å². The van der Waals surface area contributed by atoms with Crippen molar-refractivity contribution in [2.24, 2.45) is 0 Å². The fourth-order valence-corrected chi connectivity index (χ4v) is 1.89. The molecule has 1 N–H and O–H groups in total. The number of rotatable bonds is 11. The minimum atomic E-state index is -0.706. The summed E-state index contributed by atoms with van der Waals surface area (Å²) in [5, 5.41) is 3.10. The summed E-state index contributed by atoms with van der Waals surface area (Å²) >= 11 is 2.99. The molecule has 1 aliphatic rings. The highest BCUT2D eigenvalue weighted by Gasteiger charge is 2.32. The highest BCUT2D eigenvalue weighted by Crippen LogP contribution is 2.12. The Morgan fingerprint density at radius 2 is 1.71 bits per heavy atom. The van der Waals surface area contributed by atoms with Crippen molar-refractivity contribution in [2.45, 2.75) is 19.3 Å². The van der Waals surface area contributed by atoms with Crippen molar-refractivity contribution in [1.82, 2.24) is 10.4 Å². The Kier molecular flexibility index (Phi) is 9.89. The Hall–Kier alpha value is -1.78. The predicted molar refractivity (Wildman–Crippen MR) is 84.5 cm³/mol. The van der Waals surface area contributed by atoms with Crippen LogP contribution in [0.5, 0.6) is 0 Å². The minimum absolute atomic E-state index is 0.0623. The number of nitrogens with one attached hydrogen (secondary N) is 1. The fraction of sp³-hybridized carbons (Fsp3) is 0.571. The molecule has 134 valence electrons. The van der Waals surface area contributed by atoms with Gasteiger partial charge in [0.2, 0.25) is 5.91 Å². The number of hydroxylamine groups is 2. The Morgan fingerprint density at radius 3 is 2.33 bits per heavy atom. The molecule has 1 aliphatic heterocycles. The van der Waals surface area contributed by atoms with Gasteiger partial charge >= 0.3 is 5.97 Å². The molecular formula is C14H19BrN2O7. The lowest BCUT2D eigenvalue weighted by molar-refractivity contribution is -0.198. The van der Waals surface area contributed by atoms with E-state index in [9.17, 15) is 19.2 Å². The maximum absolute atomic E-state index is 11.5. The van der Waals surface area contributed by atoms with E-state index >= 15 is 0 Å². The molecule has 10 heteroatoms. The van der Waals surface area contributed by atoms with E-state index in [2.05, 4.69) is 26.1 Å². The maximum atomic E-state index is 11.5. The number of amides is 3. The topological polar surface area (TPSA) is 111 Å². The van der Waals surface area contributed by atoms with Crippen LogP contribution in [0.2, 0.25) is 0 Å². The van der Waals surface area contributed by atoms with Crippen LogP contribution < -0.4 is 5.32 Å². The molecule has 0 aromatic carbocycles. The molecule has 0 bridgehead atoms. The second kappa shape index (κ2) is 11.7. The third kappa shape index (κ3) is 8.18. The predicted octanol–water partition coefficient (Wildman–Crippen LogP) is 0.0417. The molecule has 0 spiro atoms.